The molecule has 1 N–H and O–H groups in total. The highest BCUT2D eigenvalue weighted by Gasteiger charge is 2.24. The zero-order valence-corrected chi connectivity index (χ0v) is 17.5. The fraction of sp³-hybridized carbons (Fsp3) is 0.318. The number of carbonyl (C=O) groups is 1. The van der Waals surface area contributed by atoms with Crippen LogP contribution in [-0.2, 0) is 0 Å². The number of thiazole rings is 1. The highest BCUT2D eigenvalue weighted by molar-refractivity contribution is 7.17. The highest BCUT2D eigenvalue weighted by Crippen LogP contribution is 2.35. The van der Waals surface area contributed by atoms with Crippen molar-refractivity contribution >= 4 is 17.2 Å². The summed E-state index contributed by atoms with van der Waals surface area (Å²) in [4.78, 5) is 22.5. The molecule has 0 radical (unpaired) electrons. The van der Waals surface area contributed by atoms with E-state index in [-0.39, 0.29) is 17.9 Å². The van der Waals surface area contributed by atoms with Crippen LogP contribution in [0.25, 0.3) is 10.7 Å². The van der Waals surface area contributed by atoms with Crippen molar-refractivity contribution in [2.45, 2.75) is 26.8 Å². The Labute approximate surface area is 173 Å². The van der Waals surface area contributed by atoms with Crippen molar-refractivity contribution in [2.24, 2.45) is 5.92 Å². The van der Waals surface area contributed by atoms with Gasteiger partial charge in [-0.2, -0.15) is 0 Å². The molecule has 6 nitrogen and oxygen atoms in total. The van der Waals surface area contributed by atoms with Gasteiger partial charge in [0.2, 0.25) is 0 Å². The van der Waals surface area contributed by atoms with Crippen molar-refractivity contribution in [3.05, 3.63) is 58.7 Å². The number of hydrogen-bond donors (Lipinski definition) is 1. The molecular weight excluding hydrogens is 386 g/mol. The SMILES string of the molecule is Cc1nc(-c2ccccn2)sc1C(=O)N[C@@H](c1ccc2c(c1)OCCO2)C(C)C. The summed E-state index contributed by atoms with van der Waals surface area (Å²) >= 11 is 1.36. The maximum atomic E-state index is 13.1. The molecule has 4 rings (SSSR count). The minimum Gasteiger partial charge on any atom is -0.486 e. The van der Waals surface area contributed by atoms with Crippen LogP contribution in [0.2, 0.25) is 0 Å². The van der Waals surface area contributed by atoms with Gasteiger partial charge < -0.3 is 14.8 Å². The van der Waals surface area contributed by atoms with Crippen LogP contribution in [0, 0.1) is 12.8 Å². The summed E-state index contributed by atoms with van der Waals surface area (Å²) in [6.45, 7) is 7.11. The molecule has 0 saturated carbocycles. The summed E-state index contributed by atoms with van der Waals surface area (Å²) in [7, 11) is 0. The molecule has 1 aromatic carbocycles. The fourth-order valence-electron chi connectivity index (χ4n) is 3.30. The molecular formula is C22H23N3O3S. The van der Waals surface area contributed by atoms with Gasteiger partial charge in [0.15, 0.2) is 11.5 Å². The molecule has 1 atom stereocenters. The predicted molar refractivity (Wildman–Crippen MR) is 113 cm³/mol. The first-order valence-electron chi connectivity index (χ1n) is 9.62. The molecule has 0 saturated heterocycles. The average molecular weight is 410 g/mol. The molecule has 3 heterocycles. The maximum absolute atomic E-state index is 13.1. The summed E-state index contributed by atoms with van der Waals surface area (Å²) in [6.07, 6.45) is 1.72. The summed E-state index contributed by atoms with van der Waals surface area (Å²) in [5.41, 5.74) is 2.47. The number of benzene rings is 1. The van der Waals surface area contributed by atoms with Gasteiger partial charge in [0.25, 0.3) is 5.91 Å². The van der Waals surface area contributed by atoms with Gasteiger partial charge in [-0.3, -0.25) is 9.78 Å². The van der Waals surface area contributed by atoms with Crippen molar-refractivity contribution in [3.63, 3.8) is 0 Å². The molecule has 150 valence electrons. The van der Waals surface area contributed by atoms with Crippen molar-refractivity contribution in [1.82, 2.24) is 15.3 Å². The number of rotatable bonds is 5. The van der Waals surface area contributed by atoms with Gasteiger partial charge in [0.05, 0.1) is 17.4 Å². The summed E-state index contributed by atoms with van der Waals surface area (Å²) in [6, 6.07) is 11.4. The lowest BCUT2D eigenvalue weighted by Gasteiger charge is -2.25. The maximum Gasteiger partial charge on any atom is 0.263 e. The number of nitrogens with zero attached hydrogens (tertiary/aromatic N) is 2. The molecule has 0 spiro atoms. The Kier molecular flexibility index (Phi) is 5.49. The van der Waals surface area contributed by atoms with Crippen molar-refractivity contribution in [3.8, 4) is 22.2 Å². The number of carbonyl (C=O) groups excluding carboxylic acids is 1. The van der Waals surface area contributed by atoms with E-state index >= 15 is 0 Å². The lowest BCUT2D eigenvalue weighted by molar-refractivity contribution is 0.0928. The Hall–Kier alpha value is -2.93. The summed E-state index contributed by atoms with van der Waals surface area (Å²) in [5, 5.41) is 3.92. The minimum atomic E-state index is -0.155. The van der Waals surface area contributed by atoms with Crippen LogP contribution in [-0.4, -0.2) is 29.1 Å². The van der Waals surface area contributed by atoms with Gasteiger partial charge in [-0.25, -0.2) is 4.98 Å². The van der Waals surface area contributed by atoms with E-state index in [4.69, 9.17) is 9.47 Å². The lowest BCUT2D eigenvalue weighted by Crippen LogP contribution is -2.31. The van der Waals surface area contributed by atoms with Crippen LogP contribution in [0.15, 0.2) is 42.6 Å². The molecule has 1 aliphatic heterocycles. The van der Waals surface area contributed by atoms with Gasteiger partial charge in [0.1, 0.15) is 23.1 Å². The predicted octanol–water partition coefficient (Wildman–Crippen LogP) is 4.41. The van der Waals surface area contributed by atoms with E-state index in [9.17, 15) is 4.79 Å². The van der Waals surface area contributed by atoms with Gasteiger partial charge in [-0.15, -0.1) is 11.3 Å². The average Bonchev–Trinajstić information content (AvgIpc) is 3.14. The van der Waals surface area contributed by atoms with E-state index in [1.807, 2.05) is 43.3 Å². The Morgan fingerprint density at radius 3 is 2.66 bits per heavy atom. The second-order valence-electron chi connectivity index (χ2n) is 7.25. The standard InChI is InChI=1S/C22H23N3O3S/c1-13(2)19(15-7-8-17-18(12-15)28-11-10-27-17)25-21(26)20-14(3)24-22(29-20)16-6-4-5-9-23-16/h4-9,12-13,19H,10-11H2,1-3H3,(H,25,26)/t19-/m1/s1. The molecule has 3 aromatic rings. The zero-order valence-electron chi connectivity index (χ0n) is 16.6. The van der Waals surface area contributed by atoms with Crippen LogP contribution in [0.4, 0.5) is 0 Å². The molecule has 0 aliphatic carbocycles. The van der Waals surface area contributed by atoms with E-state index in [2.05, 4.69) is 29.1 Å². The van der Waals surface area contributed by atoms with Crippen molar-refractivity contribution in [2.75, 3.05) is 13.2 Å². The third kappa shape index (κ3) is 4.10. The van der Waals surface area contributed by atoms with Crippen LogP contribution < -0.4 is 14.8 Å². The smallest absolute Gasteiger partial charge is 0.263 e. The van der Waals surface area contributed by atoms with Crippen LogP contribution in [0.1, 0.15) is 40.8 Å². The zero-order chi connectivity index (χ0) is 20.4. The Bertz CT molecular complexity index is 1020. The highest BCUT2D eigenvalue weighted by atomic mass is 32.1. The number of pyridine rings is 1. The van der Waals surface area contributed by atoms with Crippen LogP contribution >= 0.6 is 11.3 Å². The monoisotopic (exact) mass is 409 g/mol. The van der Waals surface area contributed by atoms with Gasteiger partial charge in [0, 0.05) is 6.20 Å². The van der Waals surface area contributed by atoms with E-state index < -0.39 is 0 Å². The molecule has 1 aliphatic rings. The number of hydrogen-bond acceptors (Lipinski definition) is 6. The Balaban J connectivity index is 1.58. The first-order valence-corrected chi connectivity index (χ1v) is 10.4. The lowest BCUT2D eigenvalue weighted by atomic mass is 9.95. The van der Waals surface area contributed by atoms with Gasteiger partial charge in [-0.1, -0.05) is 26.0 Å². The van der Waals surface area contributed by atoms with Crippen molar-refractivity contribution in [1.29, 1.82) is 0 Å². The molecule has 0 bridgehead atoms. The number of aromatic nitrogens is 2. The molecule has 1 amide bonds. The number of fused-ring (bicyclic) bond motifs is 1. The third-order valence-corrected chi connectivity index (χ3v) is 5.94. The normalized spacial score (nSPS) is 13.9. The van der Waals surface area contributed by atoms with E-state index in [0.717, 1.165) is 27.8 Å². The van der Waals surface area contributed by atoms with Crippen LogP contribution in [0.3, 0.4) is 0 Å². The number of amides is 1. The fourth-order valence-corrected chi connectivity index (χ4v) is 4.25. The molecule has 0 unspecified atom stereocenters. The second-order valence-corrected chi connectivity index (χ2v) is 8.25. The van der Waals surface area contributed by atoms with E-state index in [1.54, 1.807) is 6.20 Å². The molecule has 0 fully saturated rings. The summed E-state index contributed by atoms with van der Waals surface area (Å²) in [5.74, 6) is 1.54. The second kappa shape index (κ2) is 8.21. The van der Waals surface area contributed by atoms with Crippen LogP contribution in [0.5, 0.6) is 11.5 Å². The Morgan fingerprint density at radius 1 is 1.14 bits per heavy atom. The van der Waals surface area contributed by atoms with E-state index in [0.29, 0.717) is 23.8 Å². The third-order valence-electron chi connectivity index (χ3n) is 4.77. The number of aryl methyl sites for hydroxylation is 1. The molecule has 2 aromatic heterocycles. The Morgan fingerprint density at radius 2 is 1.93 bits per heavy atom. The quantitative estimate of drug-likeness (QED) is 0.676. The molecule has 29 heavy (non-hydrogen) atoms. The minimum absolute atomic E-state index is 0.129. The topological polar surface area (TPSA) is 73.3 Å². The number of ether oxygens (including phenoxy) is 2. The first-order chi connectivity index (χ1) is 14.0. The first kappa shape index (κ1) is 19.4. The largest absolute Gasteiger partial charge is 0.486 e. The van der Waals surface area contributed by atoms with E-state index in [1.165, 1.54) is 11.3 Å². The summed E-state index contributed by atoms with van der Waals surface area (Å²) < 4.78 is 11.3. The molecule has 7 heteroatoms. The number of nitrogens with one attached hydrogen (secondary N) is 1. The van der Waals surface area contributed by atoms with Gasteiger partial charge in [-0.05, 0) is 42.7 Å². The van der Waals surface area contributed by atoms with Crippen molar-refractivity contribution < 1.29 is 14.3 Å². The van der Waals surface area contributed by atoms with Gasteiger partial charge >= 0.3 is 0 Å².